The molecular weight excluding hydrogens is 314 g/mol. The standard InChI is InChI=1S/Mn.4O.Pt/q;;;2*-1;+2. The Balaban J connectivity index is 0. The van der Waals surface area contributed by atoms with E-state index in [0.29, 0.717) is 0 Å². The summed E-state index contributed by atoms with van der Waals surface area (Å²) in [6.07, 6.45) is 0. The van der Waals surface area contributed by atoms with Crippen molar-refractivity contribution in [2.45, 2.75) is 0 Å². The molecule has 0 radical (unpaired) electrons. The molecule has 41 valence electrons. The van der Waals surface area contributed by atoms with Gasteiger partial charge in [0.05, 0.1) is 0 Å². The van der Waals surface area contributed by atoms with E-state index in [1.54, 1.807) is 0 Å². The van der Waals surface area contributed by atoms with Gasteiger partial charge in [0.2, 0.25) is 0 Å². The molecule has 0 heterocycles. The van der Waals surface area contributed by atoms with Crippen molar-refractivity contribution in [2.75, 3.05) is 0 Å². The molecule has 0 fully saturated rings. The number of hydrogen-bond acceptors (Lipinski definition) is 4. The third-order valence-electron chi connectivity index (χ3n) is 0. The molecule has 6 heteroatoms. The summed E-state index contributed by atoms with van der Waals surface area (Å²) in [5.41, 5.74) is 0. The zero-order valence-corrected chi connectivity index (χ0v) is 5.78. The average Bonchev–Trinajstić information content (AvgIpc) is 0.722. The van der Waals surface area contributed by atoms with Gasteiger partial charge in [-0.05, 0) is 0 Å². The molecule has 0 rings (SSSR count). The van der Waals surface area contributed by atoms with Gasteiger partial charge in [0.25, 0.3) is 0 Å². The predicted octanol–water partition coefficient (Wildman–Crippen LogP) is -2.62. The second-order valence-electron chi connectivity index (χ2n) is 0.378. The van der Waals surface area contributed by atoms with E-state index in [4.69, 9.17) is 16.0 Å². The van der Waals surface area contributed by atoms with E-state index in [0.717, 1.165) is 0 Å². The Kier molecular flexibility index (Phi) is 4.66. The molecule has 0 amide bonds. The topological polar surface area (TPSA) is 80.3 Å². The quantitative estimate of drug-likeness (QED) is 0.459. The molecule has 0 bridgehead atoms. The first-order chi connectivity index (χ1) is 2.00. The van der Waals surface area contributed by atoms with Crippen LogP contribution in [0.3, 0.4) is 0 Å². The van der Waals surface area contributed by atoms with Crippen molar-refractivity contribution >= 4 is 0 Å². The molecule has 0 saturated carbocycles. The normalized spacial score (nSPS) is 9.67. The number of rotatable bonds is 0. The molecule has 0 N–H and O–H groups in total. The third-order valence-corrected chi connectivity index (χ3v) is 0. The van der Waals surface area contributed by atoms with Crippen LogP contribution in [0.2, 0.25) is 0 Å². The van der Waals surface area contributed by atoms with E-state index in [1.807, 2.05) is 0 Å². The second-order valence-corrected chi connectivity index (χ2v) is 1.56. The van der Waals surface area contributed by atoms with Crippen molar-refractivity contribution < 1.29 is 50.5 Å². The molecule has 0 aromatic rings. The molecule has 0 saturated heterocycles. The maximum atomic E-state index is 8.58. The van der Waals surface area contributed by atoms with E-state index in [2.05, 4.69) is 0 Å². The summed E-state index contributed by atoms with van der Waals surface area (Å²) in [5.74, 6) is 0. The molecule has 0 aliphatic heterocycles. The zero-order chi connectivity index (χ0) is 4.50. The van der Waals surface area contributed by atoms with Crippen LogP contribution in [-0.4, -0.2) is 0 Å². The fourth-order valence-electron chi connectivity index (χ4n) is 0. The molecule has 0 aromatic heterocycles. The van der Waals surface area contributed by atoms with Crippen molar-refractivity contribution in [3.05, 3.63) is 0 Å². The first-order valence-corrected chi connectivity index (χ1v) is 2.54. The van der Waals surface area contributed by atoms with Gasteiger partial charge < -0.3 is 0 Å². The summed E-state index contributed by atoms with van der Waals surface area (Å²) in [6.45, 7) is 0. The van der Waals surface area contributed by atoms with Crippen molar-refractivity contribution in [1.82, 2.24) is 0 Å². The first-order valence-electron chi connectivity index (χ1n) is 0.617. The first kappa shape index (κ1) is 9.87. The molecule has 0 unspecified atom stereocenters. The summed E-state index contributed by atoms with van der Waals surface area (Å²) in [6, 6.07) is 0. The Morgan fingerprint density at radius 2 is 1.17 bits per heavy atom. The molecule has 6 heavy (non-hydrogen) atoms. The summed E-state index contributed by atoms with van der Waals surface area (Å²) < 4.78 is 34.3. The fraction of sp³-hybridized carbons (Fsp3) is 0. The van der Waals surface area contributed by atoms with E-state index < -0.39 is 13.4 Å². The Hall–Kier alpha value is 0.728. The third kappa shape index (κ3) is 124. The van der Waals surface area contributed by atoms with E-state index in [-0.39, 0.29) is 21.1 Å². The molecule has 0 aliphatic rings. The van der Waals surface area contributed by atoms with Gasteiger partial charge in [-0.1, -0.05) is 0 Å². The van der Waals surface area contributed by atoms with Crippen LogP contribution in [0.5, 0.6) is 0 Å². The Morgan fingerprint density at radius 1 is 1.17 bits per heavy atom. The van der Waals surface area contributed by atoms with Crippen molar-refractivity contribution in [1.29, 1.82) is 0 Å². The van der Waals surface area contributed by atoms with Gasteiger partial charge in [-0.2, -0.15) is 0 Å². The van der Waals surface area contributed by atoms with Gasteiger partial charge in [-0.15, -0.1) is 0 Å². The zero-order valence-electron chi connectivity index (χ0n) is 2.33. The number of hydrogen-bond donors (Lipinski definition) is 0. The SMILES string of the molecule is [O]=[Mn](=[O])([O-])[O-].[Pt+2]. The van der Waals surface area contributed by atoms with Crippen LogP contribution in [0, 0.1) is 0 Å². The van der Waals surface area contributed by atoms with Crippen LogP contribution < -0.4 is 8.38 Å². The van der Waals surface area contributed by atoms with Gasteiger partial charge in [0.15, 0.2) is 0 Å². The van der Waals surface area contributed by atoms with E-state index in [1.165, 1.54) is 0 Å². The summed E-state index contributed by atoms with van der Waals surface area (Å²) >= 11 is -5.62. The summed E-state index contributed by atoms with van der Waals surface area (Å²) in [4.78, 5) is 0. The minimum Gasteiger partial charge on any atom is 2.00 e. The second kappa shape index (κ2) is 2.83. The van der Waals surface area contributed by atoms with Crippen LogP contribution in [0.25, 0.3) is 0 Å². The smallest absolute Gasteiger partial charge is 2.00 e. The Morgan fingerprint density at radius 3 is 1.17 bits per heavy atom. The van der Waals surface area contributed by atoms with Crippen molar-refractivity contribution in [3.63, 3.8) is 0 Å². The van der Waals surface area contributed by atoms with Crippen molar-refractivity contribution in [2.24, 2.45) is 0 Å². The van der Waals surface area contributed by atoms with Crippen LogP contribution in [-0.2, 0) is 42.1 Å². The molecule has 0 spiro atoms. The van der Waals surface area contributed by atoms with Crippen LogP contribution >= 0.6 is 0 Å². The van der Waals surface area contributed by atoms with Gasteiger partial charge >= 0.3 is 50.5 Å². The Bertz CT molecular complexity index is 90.7. The Labute approximate surface area is 50.7 Å². The van der Waals surface area contributed by atoms with Gasteiger partial charge in [-0.3, -0.25) is 0 Å². The van der Waals surface area contributed by atoms with E-state index >= 15 is 0 Å². The largest absolute Gasteiger partial charge is 2.00 e. The van der Waals surface area contributed by atoms with Crippen LogP contribution in [0.1, 0.15) is 0 Å². The molecule has 0 atom stereocenters. The minimum absolute atomic E-state index is 0. The monoisotopic (exact) mass is 314 g/mol. The minimum atomic E-state index is -5.62. The van der Waals surface area contributed by atoms with E-state index in [9.17, 15) is 0 Å². The van der Waals surface area contributed by atoms with Crippen LogP contribution in [0.4, 0.5) is 0 Å². The van der Waals surface area contributed by atoms with Crippen LogP contribution in [0.15, 0.2) is 0 Å². The molecule has 4 nitrogen and oxygen atoms in total. The average molecular weight is 314 g/mol. The fourth-order valence-corrected chi connectivity index (χ4v) is 0. The molecule has 0 aromatic carbocycles. The predicted molar refractivity (Wildman–Crippen MR) is 1.37 cm³/mol. The maximum absolute atomic E-state index is 8.58. The van der Waals surface area contributed by atoms with Gasteiger partial charge in [0, 0.05) is 0 Å². The van der Waals surface area contributed by atoms with Gasteiger partial charge in [-0.25, -0.2) is 0 Å². The molecular formula is MnO4Pt. The van der Waals surface area contributed by atoms with Gasteiger partial charge in [0.1, 0.15) is 0 Å². The summed E-state index contributed by atoms with van der Waals surface area (Å²) in [7, 11) is 0. The molecule has 0 aliphatic carbocycles. The van der Waals surface area contributed by atoms with Crippen molar-refractivity contribution in [3.8, 4) is 0 Å². The maximum Gasteiger partial charge on any atom is 2.00 e. The summed E-state index contributed by atoms with van der Waals surface area (Å²) in [5, 5.41) is 0.